The molecule has 0 aromatic rings. The lowest BCUT2D eigenvalue weighted by atomic mass is 9.47. The number of rotatable bonds is 11. The van der Waals surface area contributed by atoms with Crippen molar-refractivity contribution in [2.75, 3.05) is 13.2 Å². The number of carboxylic acids is 1. The highest BCUT2D eigenvalue weighted by Gasteiger charge is 2.68. The first-order valence-corrected chi connectivity index (χ1v) is 20.6. The van der Waals surface area contributed by atoms with Gasteiger partial charge in [0.2, 0.25) is 0 Å². The number of aliphatic carboxylic acids is 1. The number of aliphatic hydroxyl groups excluding tert-OH is 7. The van der Waals surface area contributed by atoms with Crippen molar-refractivity contribution in [1.29, 1.82) is 0 Å². The first-order valence-electron chi connectivity index (χ1n) is 20.6. The van der Waals surface area contributed by atoms with Crippen molar-refractivity contribution in [2.24, 2.45) is 39.9 Å². The average molecular weight is 785 g/mol. The molecule has 2 heterocycles. The molecule has 14 nitrogen and oxygen atoms in total. The van der Waals surface area contributed by atoms with E-state index in [0.717, 1.165) is 44.9 Å². The van der Waals surface area contributed by atoms with Crippen molar-refractivity contribution in [3.8, 4) is 0 Å². The zero-order valence-electron chi connectivity index (χ0n) is 33.4. The molecule has 0 aromatic carbocycles. The van der Waals surface area contributed by atoms with Crippen molar-refractivity contribution in [2.45, 2.75) is 185 Å². The molecule has 9 N–H and O–H groups in total. The van der Waals surface area contributed by atoms with Gasteiger partial charge in [-0.05, 0) is 114 Å². The summed E-state index contributed by atoms with van der Waals surface area (Å²) in [7, 11) is 0. The Bertz CT molecular complexity index is 1390. The molecule has 4 fully saturated rings. The van der Waals surface area contributed by atoms with Gasteiger partial charge in [0.1, 0.15) is 42.7 Å². The number of ether oxygens (including phenoxy) is 4. The fourth-order valence-electron chi connectivity index (χ4n) is 12.2. The molecular weight excluding hydrogens is 716 g/mol. The van der Waals surface area contributed by atoms with Gasteiger partial charge in [-0.2, -0.15) is 0 Å². The van der Waals surface area contributed by atoms with E-state index in [1.165, 1.54) is 11.1 Å². The number of fused-ring (bicyclic) bond motifs is 3. The Morgan fingerprint density at radius 1 is 0.891 bits per heavy atom. The van der Waals surface area contributed by atoms with Gasteiger partial charge in [-0.15, -0.1) is 0 Å². The third kappa shape index (κ3) is 7.59. The van der Waals surface area contributed by atoms with Crippen molar-refractivity contribution in [3.05, 3.63) is 11.1 Å². The Hall–Kier alpha value is -1.27. The minimum Gasteiger partial charge on any atom is -0.481 e. The molecule has 17 atom stereocenters. The smallest absolute Gasteiger partial charge is 0.310 e. The largest absolute Gasteiger partial charge is 0.481 e. The van der Waals surface area contributed by atoms with E-state index < -0.39 is 95.8 Å². The molecule has 2 saturated carbocycles. The maximum atomic E-state index is 13.8. The van der Waals surface area contributed by atoms with Crippen LogP contribution in [-0.4, -0.2) is 138 Å². The van der Waals surface area contributed by atoms with E-state index in [4.69, 9.17) is 18.9 Å². The lowest BCUT2D eigenvalue weighted by Crippen LogP contribution is -2.60. The molecule has 6 aliphatic rings. The second-order valence-corrected chi connectivity index (χ2v) is 19.2. The summed E-state index contributed by atoms with van der Waals surface area (Å²) in [6.45, 7) is 11.1. The number of allylic oxidation sites excluding steroid dienone is 1. The van der Waals surface area contributed by atoms with Gasteiger partial charge in [-0.1, -0.05) is 38.8 Å². The van der Waals surface area contributed by atoms with Crippen LogP contribution >= 0.6 is 0 Å². The number of hydrogen-bond acceptors (Lipinski definition) is 13. The van der Waals surface area contributed by atoms with Gasteiger partial charge in [0.05, 0.1) is 36.4 Å². The Morgan fingerprint density at radius 2 is 1.58 bits per heavy atom. The fourth-order valence-corrected chi connectivity index (χ4v) is 12.2. The maximum absolute atomic E-state index is 13.8. The minimum atomic E-state index is -1.52. The summed E-state index contributed by atoms with van der Waals surface area (Å²) in [6, 6.07) is 0. The van der Waals surface area contributed by atoms with Gasteiger partial charge in [0.15, 0.2) is 12.6 Å². The van der Waals surface area contributed by atoms with E-state index >= 15 is 0 Å². The van der Waals surface area contributed by atoms with E-state index in [0.29, 0.717) is 25.7 Å². The number of carboxylic acid groups (broad SMARTS) is 1. The van der Waals surface area contributed by atoms with Crippen LogP contribution < -0.4 is 0 Å². The Kier molecular flexibility index (Phi) is 12.6. The second kappa shape index (κ2) is 16.1. The molecule has 55 heavy (non-hydrogen) atoms. The maximum Gasteiger partial charge on any atom is 0.310 e. The van der Waals surface area contributed by atoms with Crippen LogP contribution in [0, 0.1) is 39.9 Å². The molecule has 0 radical (unpaired) electrons. The standard InChI is InChI=1S/C41H68O14/c1-20(7-11-29(39(4,5)51)55-35-33(47)30(44)26(43)19-52-35)23-14-16-41(37(49)50)25-10-9-24-21(17-22(25)13-15-40(23,41)6)8-12-28(38(24,2)3)54-36-34(48)32(46)31(45)27(18-42)53-36/h20,22-23,25-36,42-48,51H,7-19H2,1-6H3,(H,49,50)/t20-,22-,23-,25-,26+,27-,28-,29+,30+,31-,32+,33-,34-,35+,36+,40-,41+/m1/s1. The van der Waals surface area contributed by atoms with Crippen molar-refractivity contribution in [1.82, 2.24) is 0 Å². The molecule has 0 unspecified atom stereocenters. The van der Waals surface area contributed by atoms with Gasteiger partial charge in [0.25, 0.3) is 0 Å². The molecule has 316 valence electrons. The Labute approximate surface area is 324 Å². The van der Waals surface area contributed by atoms with Gasteiger partial charge in [-0.25, -0.2) is 0 Å². The Balaban J connectivity index is 1.16. The predicted octanol–water partition coefficient (Wildman–Crippen LogP) is 2.00. The minimum absolute atomic E-state index is 0.0219. The highest BCUT2D eigenvalue weighted by atomic mass is 16.7. The highest BCUT2D eigenvalue weighted by Crippen LogP contribution is 2.71. The number of hydrogen-bond donors (Lipinski definition) is 9. The number of aliphatic hydroxyl groups is 8. The SMILES string of the molecule is C[C@H](CC[C@H](O[C@@H]1OC[C@H](O)[C@H](O)[C@H]1O)C(C)(C)O)[C@H]1CC[C@@]2(C(=O)O)[C@@H]3CCC4=C(CC[C@@H](O[C@@H]5O[C@H](CO)[C@@H](O)[C@H](O)[C@H]5O)C4(C)C)C[C@H]3CC[C@]12C. The Morgan fingerprint density at radius 3 is 2.24 bits per heavy atom. The molecule has 0 amide bonds. The quantitative estimate of drug-likeness (QED) is 0.136. The highest BCUT2D eigenvalue weighted by molar-refractivity contribution is 5.77. The number of carbonyl (C=O) groups is 1. The van der Waals surface area contributed by atoms with Crippen molar-refractivity contribution >= 4 is 5.97 Å². The van der Waals surface area contributed by atoms with E-state index in [2.05, 4.69) is 27.7 Å². The third-order valence-corrected chi connectivity index (χ3v) is 15.5. The zero-order valence-corrected chi connectivity index (χ0v) is 33.4. The second-order valence-electron chi connectivity index (χ2n) is 19.2. The summed E-state index contributed by atoms with van der Waals surface area (Å²) in [5, 5.41) is 94.0. The molecular formula is C41H68O14. The summed E-state index contributed by atoms with van der Waals surface area (Å²) >= 11 is 0. The van der Waals surface area contributed by atoms with Crippen LogP contribution in [0.1, 0.15) is 112 Å². The molecule has 2 saturated heterocycles. The summed E-state index contributed by atoms with van der Waals surface area (Å²) in [4.78, 5) is 13.8. The monoisotopic (exact) mass is 784 g/mol. The molecule has 0 bridgehead atoms. The topological polar surface area (TPSA) is 236 Å². The van der Waals surface area contributed by atoms with Crippen LogP contribution in [0.3, 0.4) is 0 Å². The van der Waals surface area contributed by atoms with Crippen LogP contribution in [0.5, 0.6) is 0 Å². The fraction of sp³-hybridized carbons (Fsp3) is 0.927. The van der Waals surface area contributed by atoms with E-state index in [-0.39, 0.29) is 36.4 Å². The van der Waals surface area contributed by atoms with Crippen molar-refractivity contribution < 1.29 is 69.7 Å². The first kappa shape index (κ1) is 43.3. The normalized spacial score (nSPS) is 45.9. The van der Waals surface area contributed by atoms with Crippen LogP contribution in [0.4, 0.5) is 0 Å². The van der Waals surface area contributed by atoms with E-state index in [1.807, 2.05) is 0 Å². The lowest BCUT2D eigenvalue weighted by molar-refractivity contribution is -0.318. The zero-order chi connectivity index (χ0) is 40.4. The molecule has 6 rings (SSSR count). The van der Waals surface area contributed by atoms with E-state index in [1.54, 1.807) is 13.8 Å². The summed E-state index contributed by atoms with van der Waals surface area (Å²) in [5.41, 5.74) is -0.497. The van der Waals surface area contributed by atoms with Crippen LogP contribution in [-0.2, 0) is 23.7 Å². The van der Waals surface area contributed by atoms with Gasteiger partial charge in [-0.3, -0.25) is 4.79 Å². The molecule has 0 aromatic heterocycles. The lowest BCUT2D eigenvalue weighted by Gasteiger charge is -2.56. The van der Waals surface area contributed by atoms with Crippen LogP contribution in [0.25, 0.3) is 0 Å². The third-order valence-electron chi connectivity index (χ3n) is 15.5. The molecule has 2 aliphatic heterocycles. The summed E-state index contributed by atoms with van der Waals surface area (Å²) in [6.07, 6.45) is -5.30. The predicted molar refractivity (Wildman–Crippen MR) is 197 cm³/mol. The van der Waals surface area contributed by atoms with Crippen molar-refractivity contribution in [3.63, 3.8) is 0 Å². The molecule has 0 spiro atoms. The summed E-state index contributed by atoms with van der Waals surface area (Å²) < 4.78 is 23.6. The van der Waals surface area contributed by atoms with Gasteiger partial charge in [0, 0.05) is 5.41 Å². The van der Waals surface area contributed by atoms with Gasteiger partial charge >= 0.3 is 5.97 Å². The molecule has 14 heteroatoms. The first-order chi connectivity index (χ1) is 25.7. The summed E-state index contributed by atoms with van der Waals surface area (Å²) in [5.74, 6) is -0.278. The molecule has 4 aliphatic carbocycles. The average Bonchev–Trinajstić information content (AvgIpc) is 3.31. The van der Waals surface area contributed by atoms with Gasteiger partial charge < -0.3 is 64.9 Å². The van der Waals surface area contributed by atoms with Crippen LogP contribution in [0.15, 0.2) is 11.1 Å². The van der Waals surface area contributed by atoms with E-state index in [9.17, 15) is 50.8 Å². The van der Waals surface area contributed by atoms with Crippen LogP contribution in [0.2, 0.25) is 0 Å².